The van der Waals surface area contributed by atoms with Crippen LogP contribution in [0.2, 0.25) is 0 Å². The van der Waals surface area contributed by atoms with Crippen molar-refractivity contribution in [2.45, 2.75) is 32.6 Å². The average Bonchev–Trinajstić information content (AvgIpc) is 2.38. The Morgan fingerprint density at radius 2 is 1.65 bits per heavy atom. The van der Waals surface area contributed by atoms with Gasteiger partial charge in [-0.05, 0) is 48.9 Å². The van der Waals surface area contributed by atoms with Gasteiger partial charge in [0.25, 0.3) is 0 Å². The molecule has 88 valence electrons. The van der Waals surface area contributed by atoms with Crippen LogP contribution in [0.3, 0.4) is 0 Å². The molecule has 17 heavy (non-hydrogen) atoms. The Morgan fingerprint density at radius 3 is 2.24 bits per heavy atom. The van der Waals surface area contributed by atoms with Crippen molar-refractivity contribution in [2.24, 2.45) is 0 Å². The Balaban J connectivity index is 2.14. The normalized spacial score (nSPS) is 12.4. The smallest absolute Gasteiger partial charge is 0.0270 e. The van der Waals surface area contributed by atoms with Crippen LogP contribution < -0.4 is 0 Å². The van der Waals surface area contributed by atoms with E-state index in [0.717, 1.165) is 6.42 Å². The van der Waals surface area contributed by atoms with Gasteiger partial charge in [0, 0.05) is 12.4 Å². The van der Waals surface area contributed by atoms with E-state index in [9.17, 15) is 0 Å². The summed E-state index contributed by atoms with van der Waals surface area (Å²) in [6.07, 6.45) is 6.02. The monoisotopic (exact) mass is 225 g/mol. The van der Waals surface area contributed by atoms with Crippen molar-refractivity contribution in [1.82, 2.24) is 4.98 Å². The summed E-state index contributed by atoms with van der Waals surface area (Å²) in [5, 5.41) is 0. The SMILES string of the molecule is CCC(Cc1ccncc1)c1ccc(C)cc1. The van der Waals surface area contributed by atoms with Gasteiger partial charge >= 0.3 is 0 Å². The summed E-state index contributed by atoms with van der Waals surface area (Å²) in [5.41, 5.74) is 4.13. The fourth-order valence-electron chi connectivity index (χ4n) is 2.14. The van der Waals surface area contributed by atoms with E-state index >= 15 is 0 Å². The van der Waals surface area contributed by atoms with Gasteiger partial charge in [0.05, 0.1) is 0 Å². The third-order valence-electron chi connectivity index (χ3n) is 3.27. The predicted molar refractivity (Wildman–Crippen MR) is 72.2 cm³/mol. The third-order valence-corrected chi connectivity index (χ3v) is 3.27. The molecule has 2 aromatic rings. The van der Waals surface area contributed by atoms with Crippen molar-refractivity contribution in [1.29, 1.82) is 0 Å². The number of aryl methyl sites for hydroxylation is 1. The topological polar surface area (TPSA) is 12.9 Å². The van der Waals surface area contributed by atoms with Crippen molar-refractivity contribution < 1.29 is 0 Å². The predicted octanol–water partition coefficient (Wildman–Crippen LogP) is 4.13. The van der Waals surface area contributed by atoms with Crippen LogP contribution in [-0.2, 0) is 6.42 Å². The Kier molecular flexibility index (Phi) is 3.92. The fourth-order valence-corrected chi connectivity index (χ4v) is 2.14. The quantitative estimate of drug-likeness (QED) is 0.762. The molecule has 1 nitrogen and oxygen atoms in total. The van der Waals surface area contributed by atoms with Crippen LogP contribution in [0.5, 0.6) is 0 Å². The maximum atomic E-state index is 4.06. The molecule has 1 unspecified atom stereocenters. The van der Waals surface area contributed by atoms with Crippen LogP contribution in [0, 0.1) is 6.92 Å². The molecule has 1 heteroatoms. The lowest BCUT2D eigenvalue weighted by atomic mass is 9.90. The van der Waals surface area contributed by atoms with Gasteiger partial charge in [-0.25, -0.2) is 0 Å². The average molecular weight is 225 g/mol. The lowest BCUT2D eigenvalue weighted by molar-refractivity contribution is 0.659. The molecule has 0 saturated carbocycles. The number of pyridine rings is 1. The van der Waals surface area contributed by atoms with Gasteiger partial charge in [-0.1, -0.05) is 36.8 Å². The summed E-state index contributed by atoms with van der Waals surface area (Å²) < 4.78 is 0. The molecule has 0 aliphatic heterocycles. The van der Waals surface area contributed by atoms with Gasteiger partial charge in [0.15, 0.2) is 0 Å². The first-order chi connectivity index (χ1) is 8.29. The molecule has 0 radical (unpaired) electrons. The Labute approximate surface area is 104 Å². The minimum atomic E-state index is 0.609. The van der Waals surface area contributed by atoms with Crippen molar-refractivity contribution in [3.63, 3.8) is 0 Å². The van der Waals surface area contributed by atoms with Crippen LogP contribution in [0.25, 0.3) is 0 Å². The van der Waals surface area contributed by atoms with Gasteiger partial charge in [-0.3, -0.25) is 4.98 Å². The molecule has 0 spiro atoms. The molecule has 1 atom stereocenters. The van der Waals surface area contributed by atoms with Gasteiger partial charge in [0.2, 0.25) is 0 Å². The maximum Gasteiger partial charge on any atom is 0.0270 e. The molecule has 0 N–H and O–H groups in total. The lowest BCUT2D eigenvalue weighted by Crippen LogP contribution is -2.01. The van der Waals surface area contributed by atoms with E-state index in [4.69, 9.17) is 0 Å². The Hall–Kier alpha value is -1.63. The summed E-state index contributed by atoms with van der Waals surface area (Å²) in [4.78, 5) is 4.06. The summed E-state index contributed by atoms with van der Waals surface area (Å²) in [5.74, 6) is 0.609. The van der Waals surface area contributed by atoms with E-state index in [0.29, 0.717) is 5.92 Å². The van der Waals surface area contributed by atoms with Crippen LogP contribution in [0.1, 0.15) is 36.0 Å². The zero-order valence-corrected chi connectivity index (χ0v) is 10.6. The Bertz CT molecular complexity index is 445. The first-order valence-corrected chi connectivity index (χ1v) is 6.25. The summed E-state index contributed by atoms with van der Waals surface area (Å²) in [7, 11) is 0. The molecule has 1 aromatic heterocycles. The van der Waals surface area contributed by atoms with Crippen molar-refractivity contribution >= 4 is 0 Å². The highest BCUT2D eigenvalue weighted by Crippen LogP contribution is 2.24. The number of rotatable bonds is 4. The standard InChI is InChI=1S/C16H19N/c1-3-15(12-14-8-10-17-11-9-14)16-6-4-13(2)5-7-16/h4-11,15H,3,12H2,1-2H3. The molecule has 0 fully saturated rings. The van der Waals surface area contributed by atoms with E-state index in [-0.39, 0.29) is 0 Å². The molecule has 2 rings (SSSR count). The molecule has 0 saturated heterocycles. The first kappa shape index (κ1) is 11.8. The van der Waals surface area contributed by atoms with Gasteiger partial charge in [0.1, 0.15) is 0 Å². The molecule has 1 aromatic carbocycles. The van der Waals surface area contributed by atoms with Crippen LogP contribution in [0.15, 0.2) is 48.8 Å². The number of hydrogen-bond acceptors (Lipinski definition) is 1. The number of benzene rings is 1. The van der Waals surface area contributed by atoms with E-state index in [1.165, 1.54) is 23.1 Å². The third kappa shape index (κ3) is 3.16. The minimum absolute atomic E-state index is 0.609. The molecule has 0 aliphatic rings. The highest BCUT2D eigenvalue weighted by atomic mass is 14.6. The lowest BCUT2D eigenvalue weighted by Gasteiger charge is -2.15. The highest BCUT2D eigenvalue weighted by molar-refractivity contribution is 5.26. The maximum absolute atomic E-state index is 4.06. The fraction of sp³-hybridized carbons (Fsp3) is 0.312. The molecule has 1 heterocycles. The first-order valence-electron chi connectivity index (χ1n) is 6.25. The van der Waals surface area contributed by atoms with E-state index in [1.807, 2.05) is 12.4 Å². The second-order valence-corrected chi connectivity index (χ2v) is 4.58. The molecule has 0 bridgehead atoms. The van der Waals surface area contributed by atoms with E-state index in [2.05, 4.69) is 55.2 Å². The van der Waals surface area contributed by atoms with Crippen LogP contribution in [-0.4, -0.2) is 4.98 Å². The summed E-state index contributed by atoms with van der Waals surface area (Å²) in [6.45, 7) is 4.39. The number of hydrogen-bond donors (Lipinski definition) is 0. The highest BCUT2D eigenvalue weighted by Gasteiger charge is 2.09. The zero-order chi connectivity index (χ0) is 12.1. The second kappa shape index (κ2) is 5.62. The Morgan fingerprint density at radius 1 is 1.00 bits per heavy atom. The molecular weight excluding hydrogens is 206 g/mol. The molecule has 0 amide bonds. The van der Waals surface area contributed by atoms with Crippen molar-refractivity contribution in [3.05, 3.63) is 65.5 Å². The van der Waals surface area contributed by atoms with Crippen LogP contribution in [0.4, 0.5) is 0 Å². The van der Waals surface area contributed by atoms with E-state index < -0.39 is 0 Å². The summed E-state index contributed by atoms with van der Waals surface area (Å²) in [6, 6.07) is 13.1. The number of nitrogens with zero attached hydrogens (tertiary/aromatic N) is 1. The minimum Gasteiger partial charge on any atom is -0.265 e. The zero-order valence-electron chi connectivity index (χ0n) is 10.6. The molecule has 0 aliphatic carbocycles. The van der Waals surface area contributed by atoms with Gasteiger partial charge < -0.3 is 0 Å². The van der Waals surface area contributed by atoms with Gasteiger partial charge in [-0.2, -0.15) is 0 Å². The van der Waals surface area contributed by atoms with Crippen molar-refractivity contribution in [2.75, 3.05) is 0 Å². The number of aromatic nitrogens is 1. The van der Waals surface area contributed by atoms with E-state index in [1.54, 1.807) is 0 Å². The van der Waals surface area contributed by atoms with Crippen molar-refractivity contribution in [3.8, 4) is 0 Å². The van der Waals surface area contributed by atoms with Crippen LogP contribution >= 0.6 is 0 Å². The second-order valence-electron chi connectivity index (χ2n) is 4.58. The molecular formula is C16H19N. The summed E-state index contributed by atoms with van der Waals surface area (Å²) >= 11 is 0. The van der Waals surface area contributed by atoms with Gasteiger partial charge in [-0.15, -0.1) is 0 Å². The largest absolute Gasteiger partial charge is 0.265 e.